The van der Waals surface area contributed by atoms with E-state index in [4.69, 9.17) is 9.72 Å². The van der Waals surface area contributed by atoms with Gasteiger partial charge in [0.25, 0.3) is 0 Å². The summed E-state index contributed by atoms with van der Waals surface area (Å²) in [7, 11) is 1.92. The molecule has 2 aromatic carbocycles. The molecule has 186 valence electrons. The van der Waals surface area contributed by atoms with Gasteiger partial charge in [0.05, 0.1) is 34.0 Å². The average Bonchev–Trinajstić information content (AvgIpc) is 3.56. The van der Waals surface area contributed by atoms with E-state index in [9.17, 15) is 4.79 Å². The Bertz CT molecular complexity index is 1630. The lowest BCUT2D eigenvalue weighted by molar-refractivity contribution is 0.0552. The van der Waals surface area contributed by atoms with Crippen molar-refractivity contribution >= 4 is 27.7 Å². The number of rotatable bonds is 4. The number of nitrogens with zero attached hydrogens (tertiary/aromatic N) is 5. The quantitative estimate of drug-likeness (QED) is 0.338. The standard InChI is InChI=1S/C30H29N5O2/c1-18-28(34(2)33-32-18)23-17-25(36)21-10-11-22-27-24(9-6-14-31-27)35(30(22)26(21)23)29(19-7-4-3-5-8-19)20-12-15-37-16-13-20/h3-11,14,20,23,29H,12-13,15-17H2,1-2H3. The van der Waals surface area contributed by atoms with Crippen LogP contribution >= 0.6 is 0 Å². The zero-order valence-electron chi connectivity index (χ0n) is 21.1. The highest BCUT2D eigenvalue weighted by Gasteiger charge is 2.39. The smallest absolute Gasteiger partial charge is 0.164 e. The second-order valence-electron chi connectivity index (χ2n) is 10.3. The van der Waals surface area contributed by atoms with Gasteiger partial charge < -0.3 is 9.30 Å². The lowest BCUT2D eigenvalue weighted by Gasteiger charge is -2.33. The van der Waals surface area contributed by atoms with Crippen LogP contribution in [0, 0.1) is 12.8 Å². The van der Waals surface area contributed by atoms with Crippen molar-refractivity contribution in [3.63, 3.8) is 0 Å². The second kappa shape index (κ2) is 8.63. The Labute approximate surface area is 215 Å². The molecule has 1 fully saturated rings. The van der Waals surface area contributed by atoms with Gasteiger partial charge in [-0.25, -0.2) is 0 Å². The monoisotopic (exact) mass is 491 g/mol. The Balaban J connectivity index is 1.59. The van der Waals surface area contributed by atoms with Crippen LogP contribution in [-0.2, 0) is 11.8 Å². The van der Waals surface area contributed by atoms with Crippen molar-refractivity contribution < 1.29 is 9.53 Å². The Morgan fingerprint density at radius 2 is 1.84 bits per heavy atom. The minimum atomic E-state index is -0.0969. The molecular weight excluding hydrogens is 462 g/mol. The van der Waals surface area contributed by atoms with Gasteiger partial charge in [-0.2, -0.15) is 0 Å². The van der Waals surface area contributed by atoms with Crippen LogP contribution in [0.3, 0.4) is 0 Å². The van der Waals surface area contributed by atoms with E-state index in [2.05, 4.69) is 57.3 Å². The van der Waals surface area contributed by atoms with Gasteiger partial charge in [-0.1, -0.05) is 41.6 Å². The van der Waals surface area contributed by atoms with Gasteiger partial charge in [-0.3, -0.25) is 14.5 Å². The van der Waals surface area contributed by atoms with Crippen molar-refractivity contribution in [1.29, 1.82) is 0 Å². The predicted octanol–water partition coefficient (Wildman–Crippen LogP) is 5.36. The lowest BCUT2D eigenvalue weighted by atomic mass is 9.86. The van der Waals surface area contributed by atoms with Crippen molar-refractivity contribution in [2.75, 3.05) is 13.2 Å². The Morgan fingerprint density at radius 1 is 1.03 bits per heavy atom. The highest BCUT2D eigenvalue weighted by atomic mass is 16.5. The van der Waals surface area contributed by atoms with E-state index in [0.717, 1.165) is 70.5 Å². The number of aromatic nitrogens is 5. The van der Waals surface area contributed by atoms with Gasteiger partial charge in [-0.15, -0.1) is 5.10 Å². The van der Waals surface area contributed by atoms with E-state index in [0.29, 0.717) is 12.3 Å². The molecule has 0 spiro atoms. The Kier molecular flexibility index (Phi) is 5.22. The molecule has 2 unspecified atom stereocenters. The van der Waals surface area contributed by atoms with Crippen LogP contribution in [-0.4, -0.2) is 43.5 Å². The molecule has 7 heteroatoms. The van der Waals surface area contributed by atoms with E-state index < -0.39 is 0 Å². The maximum atomic E-state index is 13.4. The van der Waals surface area contributed by atoms with E-state index in [1.807, 2.05) is 37.0 Å². The number of Topliss-reactive ketones (excluding diaryl/α,β-unsaturated/α-hetero) is 1. The molecule has 4 heterocycles. The van der Waals surface area contributed by atoms with Crippen LogP contribution in [0.5, 0.6) is 0 Å². The predicted molar refractivity (Wildman–Crippen MR) is 142 cm³/mol. The first-order chi connectivity index (χ1) is 18.1. The molecule has 0 radical (unpaired) electrons. The molecule has 1 aliphatic carbocycles. The number of hydrogen-bond donors (Lipinski definition) is 0. The van der Waals surface area contributed by atoms with Crippen molar-refractivity contribution in [1.82, 2.24) is 24.5 Å². The average molecular weight is 492 g/mol. The Hall–Kier alpha value is -3.84. The first-order valence-corrected chi connectivity index (χ1v) is 13.1. The summed E-state index contributed by atoms with van der Waals surface area (Å²) >= 11 is 0. The molecule has 0 amide bonds. The molecule has 37 heavy (non-hydrogen) atoms. The molecule has 1 aliphatic heterocycles. The van der Waals surface area contributed by atoms with E-state index in [1.165, 1.54) is 5.56 Å². The van der Waals surface area contributed by atoms with Crippen LogP contribution in [0.25, 0.3) is 21.9 Å². The van der Waals surface area contributed by atoms with Gasteiger partial charge in [0.1, 0.15) is 0 Å². The lowest BCUT2D eigenvalue weighted by Crippen LogP contribution is -2.27. The number of carbonyl (C=O) groups is 1. The highest BCUT2D eigenvalue weighted by molar-refractivity contribution is 6.13. The molecule has 7 rings (SSSR count). The molecule has 0 N–H and O–H groups in total. The molecule has 0 saturated carbocycles. The fourth-order valence-corrected chi connectivity index (χ4v) is 6.75. The summed E-state index contributed by atoms with van der Waals surface area (Å²) < 4.78 is 10.1. The number of aryl methyl sites for hydroxylation is 2. The first kappa shape index (κ1) is 22.4. The van der Waals surface area contributed by atoms with E-state index >= 15 is 0 Å². The zero-order chi connectivity index (χ0) is 25.1. The summed E-state index contributed by atoms with van der Waals surface area (Å²) in [6.45, 7) is 3.52. The molecular formula is C30H29N5O2. The third kappa shape index (κ3) is 3.37. The topological polar surface area (TPSA) is 74.8 Å². The number of ketones is 1. The normalized spacial score (nSPS) is 19.1. The van der Waals surface area contributed by atoms with Gasteiger partial charge in [0.15, 0.2) is 5.78 Å². The summed E-state index contributed by atoms with van der Waals surface area (Å²) in [6.07, 6.45) is 4.27. The fourth-order valence-electron chi connectivity index (χ4n) is 6.75. The third-order valence-corrected chi connectivity index (χ3v) is 8.31. The summed E-state index contributed by atoms with van der Waals surface area (Å²) in [6, 6.07) is 19.2. The second-order valence-corrected chi connectivity index (χ2v) is 10.3. The van der Waals surface area contributed by atoms with Crippen molar-refractivity contribution in [3.8, 4) is 0 Å². The minimum Gasteiger partial charge on any atom is -0.381 e. The van der Waals surface area contributed by atoms with E-state index in [1.54, 1.807) is 0 Å². The number of hydrogen-bond acceptors (Lipinski definition) is 5. The van der Waals surface area contributed by atoms with Crippen molar-refractivity contribution in [2.24, 2.45) is 13.0 Å². The number of carbonyl (C=O) groups excluding carboxylic acids is 1. The summed E-state index contributed by atoms with van der Waals surface area (Å²) in [5, 5.41) is 9.70. The van der Waals surface area contributed by atoms with Crippen LogP contribution in [0.15, 0.2) is 60.8 Å². The SMILES string of the molecule is Cc1nnn(C)c1C1CC(=O)c2ccc3c4ncccc4n(C(c4ccccc4)C4CCOCC4)c3c21. The van der Waals surface area contributed by atoms with Gasteiger partial charge in [0.2, 0.25) is 0 Å². The molecule has 1 saturated heterocycles. The maximum absolute atomic E-state index is 13.4. The van der Waals surface area contributed by atoms with Crippen molar-refractivity contribution in [3.05, 3.63) is 88.9 Å². The van der Waals surface area contributed by atoms with Gasteiger partial charge in [0, 0.05) is 49.7 Å². The maximum Gasteiger partial charge on any atom is 0.164 e. The van der Waals surface area contributed by atoms with Crippen LogP contribution in [0.4, 0.5) is 0 Å². The largest absolute Gasteiger partial charge is 0.381 e. The molecule has 5 aromatic rings. The Morgan fingerprint density at radius 3 is 2.59 bits per heavy atom. The molecule has 7 nitrogen and oxygen atoms in total. The van der Waals surface area contributed by atoms with Crippen LogP contribution in [0.2, 0.25) is 0 Å². The zero-order valence-corrected chi connectivity index (χ0v) is 21.1. The van der Waals surface area contributed by atoms with Gasteiger partial charge >= 0.3 is 0 Å². The summed E-state index contributed by atoms with van der Waals surface area (Å²) in [4.78, 5) is 18.3. The number of ether oxygens (including phenoxy) is 1. The highest BCUT2D eigenvalue weighted by Crippen LogP contribution is 2.47. The molecule has 0 bridgehead atoms. The molecule has 3 aromatic heterocycles. The molecule has 2 aliphatic rings. The van der Waals surface area contributed by atoms with Gasteiger partial charge in [-0.05, 0) is 55.0 Å². The number of pyridine rings is 1. The molecule has 2 atom stereocenters. The fraction of sp³-hybridized carbons (Fsp3) is 0.333. The van der Waals surface area contributed by atoms with E-state index in [-0.39, 0.29) is 17.7 Å². The van der Waals surface area contributed by atoms with Crippen LogP contribution in [0.1, 0.15) is 64.1 Å². The number of benzene rings is 2. The van der Waals surface area contributed by atoms with Crippen LogP contribution < -0.4 is 0 Å². The summed E-state index contributed by atoms with van der Waals surface area (Å²) in [5.41, 5.74) is 8.23. The summed E-state index contributed by atoms with van der Waals surface area (Å²) in [5.74, 6) is 0.483. The first-order valence-electron chi connectivity index (χ1n) is 13.1. The third-order valence-electron chi connectivity index (χ3n) is 8.31. The minimum absolute atomic E-state index is 0.0969. The number of fused-ring (bicyclic) bond motifs is 5. The van der Waals surface area contributed by atoms with Crippen molar-refractivity contribution in [2.45, 2.75) is 38.1 Å².